The number of aromatic nitrogens is 4. The molecule has 1 heterocycles. The smallest absolute Gasteiger partial charge is 0.173 e. The first kappa shape index (κ1) is 13.4. The van der Waals surface area contributed by atoms with Crippen molar-refractivity contribution in [1.82, 2.24) is 20.2 Å². The first-order valence-corrected chi connectivity index (χ1v) is 5.57. The van der Waals surface area contributed by atoms with Crippen molar-refractivity contribution in [1.29, 1.82) is 0 Å². The summed E-state index contributed by atoms with van der Waals surface area (Å²) in [4.78, 5) is 0. The van der Waals surface area contributed by atoms with Crippen LogP contribution in [0.5, 0.6) is 0 Å². The van der Waals surface area contributed by atoms with E-state index in [4.69, 9.17) is 9.47 Å². The first-order valence-electron chi connectivity index (χ1n) is 5.57. The van der Waals surface area contributed by atoms with Crippen molar-refractivity contribution in [2.24, 2.45) is 0 Å². The lowest BCUT2D eigenvalue weighted by atomic mass is 10.2. The fourth-order valence-electron chi connectivity index (χ4n) is 1.53. The maximum Gasteiger partial charge on any atom is 0.173 e. The summed E-state index contributed by atoms with van der Waals surface area (Å²) in [6.07, 6.45) is 0.987. The maximum atomic E-state index is 13.7. The van der Waals surface area contributed by atoms with Gasteiger partial charge in [0, 0.05) is 14.2 Å². The van der Waals surface area contributed by atoms with E-state index in [9.17, 15) is 4.39 Å². The van der Waals surface area contributed by atoms with Crippen LogP contribution in [0.25, 0.3) is 5.69 Å². The fraction of sp³-hybridized carbons (Fsp3) is 0.364. The maximum absolute atomic E-state index is 13.7. The second-order valence-electron chi connectivity index (χ2n) is 3.70. The lowest BCUT2D eigenvalue weighted by molar-refractivity contribution is -0.0914. The largest absolute Gasteiger partial charge is 0.378 e. The van der Waals surface area contributed by atoms with E-state index in [1.807, 2.05) is 0 Å². The van der Waals surface area contributed by atoms with Crippen molar-refractivity contribution in [3.05, 3.63) is 30.3 Å². The van der Waals surface area contributed by atoms with Gasteiger partial charge in [-0.25, -0.2) is 9.07 Å². The van der Waals surface area contributed by atoms with Crippen LogP contribution in [0.2, 0.25) is 0 Å². The third-order valence-electron chi connectivity index (χ3n) is 2.55. The number of benzene rings is 1. The summed E-state index contributed by atoms with van der Waals surface area (Å²) in [5, 5.41) is 13.7. The van der Waals surface area contributed by atoms with E-state index in [1.165, 1.54) is 31.3 Å². The van der Waals surface area contributed by atoms with Crippen LogP contribution in [-0.2, 0) is 9.47 Å². The lowest BCUT2D eigenvalue weighted by Gasteiger charge is -2.15. The van der Waals surface area contributed by atoms with Crippen molar-refractivity contribution in [2.45, 2.75) is 6.29 Å². The van der Waals surface area contributed by atoms with Crippen molar-refractivity contribution < 1.29 is 13.9 Å². The number of anilines is 1. The molecule has 0 saturated heterocycles. The molecule has 2 aromatic rings. The van der Waals surface area contributed by atoms with Crippen LogP contribution in [0, 0.1) is 5.82 Å². The van der Waals surface area contributed by atoms with Gasteiger partial charge in [-0.1, -0.05) is 0 Å². The van der Waals surface area contributed by atoms with Crippen LogP contribution in [0.1, 0.15) is 0 Å². The average Bonchev–Trinajstić information content (AvgIpc) is 2.96. The van der Waals surface area contributed by atoms with E-state index in [-0.39, 0.29) is 5.82 Å². The Kier molecular flexibility index (Phi) is 4.37. The number of nitrogens with one attached hydrogen (secondary N) is 1. The highest BCUT2D eigenvalue weighted by Gasteiger charge is 2.09. The third kappa shape index (κ3) is 3.24. The molecule has 0 saturated carbocycles. The molecule has 0 bridgehead atoms. The monoisotopic (exact) mass is 267 g/mol. The Bertz CT molecular complexity index is 516. The van der Waals surface area contributed by atoms with E-state index in [0.717, 1.165) is 0 Å². The van der Waals surface area contributed by atoms with Crippen LogP contribution in [0.3, 0.4) is 0 Å². The molecule has 0 amide bonds. The number of methoxy groups -OCH3 is 2. The second-order valence-corrected chi connectivity index (χ2v) is 3.70. The number of nitrogens with zero attached hydrogens (tertiary/aromatic N) is 4. The molecule has 1 aromatic carbocycles. The standard InChI is InChI=1S/C11H14FN5O2/c1-18-11(19-2)6-13-10-5-8(3-4-9(10)12)17-7-14-15-16-17/h3-5,7,11,13H,6H2,1-2H3. The molecule has 19 heavy (non-hydrogen) atoms. The molecule has 8 heteroatoms. The fourth-order valence-corrected chi connectivity index (χ4v) is 1.53. The zero-order valence-electron chi connectivity index (χ0n) is 10.6. The summed E-state index contributed by atoms with van der Waals surface area (Å²) in [5.41, 5.74) is 0.979. The molecule has 0 aliphatic heterocycles. The van der Waals surface area contributed by atoms with Crippen molar-refractivity contribution in [3.8, 4) is 5.69 Å². The van der Waals surface area contributed by atoms with Crippen molar-refractivity contribution in [3.63, 3.8) is 0 Å². The molecule has 2 rings (SSSR count). The Balaban J connectivity index is 2.14. The molecule has 7 nitrogen and oxygen atoms in total. The topological polar surface area (TPSA) is 74.1 Å². The molecule has 0 spiro atoms. The molecule has 0 aliphatic carbocycles. The predicted molar refractivity (Wildman–Crippen MR) is 65.4 cm³/mol. The molecule has 0 aliphatic rings. The zero-order valence-corrected chi connectivity index (χ0v) is 10.6. The third-order valence-corrected chi connectivity index (χ3v) is 2.55. The van der Waals surface area contributed by atoms with Gasteiger partial charge in [0.05, 0.1) is 17.9 Å². The summed E-state index contributed by atoms with van der Waals surface area (Å²) in [6, 6.07) is 4.53. The van der Waals surface area contributed by atoms with Gasteiger partial charge in [0.2, 0.25) is 0 Å². The Morgan fingerprint density at radius 2 is 2.16 bits per heavy atom. The molecule has 0 radical (unpaired) electrons. The van der Waals surface area contributed by atoms with Crippen LogP contribution in [0.15, 0.2) is 24.5 Å². The van der Waals surface area contributed by atoms with Gasteiger partial charge in [0.25, 0.3) is 0 Å². The number of ether oxygens (including phenoxy) is 2. The number of rotatable bonds is 6. The van der Waals surface area contributed by atoms with E-state index >= 15 is 0 Å². The number of hydrogen-bond acceptors (Lipinski definition) is 6. The summed E-state index contributed by atoms with van der Waals surface area (Å²) in [7, 11) is 3.04. The molecular weight excluding hydrogens is 253 g/mol. The minimum absolute atomic E-state index is 0.322. The van der Waals surface area contributed by atoms with Crippen molar-refractivity contribution >= 4 is 5.69 Å². The minimum atomic E-state index is -0.448. The van der Waals surface area contributed by atoms with E-state index < -0.39 is 6.29 Å². The van der Waals surface area contributed by atoms with E-state index in [1.54, 1.807) is 12.1 Å². The normalized spacial score (nSPS) is 10.9. The molecule has 0 fully saturated rings. The molecule has 0 atom stereocenters. The van der Waals surface area contributed by atoms with Gasteiger partial charge in [-0.3, -0.25) is 0 Å². The van der Waals surface area contributed by atoms with Gasteiger partial charge < -0.3 is 14.8 Å². The Labute approximate surface area is 109 Å². The van der Waals surface area contributed by atoms with E-state index in [2.05, 4.69) is 20.8 Å². The minimum Gasteiger partial charge on any atom is -0.378 e. The average molecular weight is 267 g/mol. The predicted octanol–water partition coefficient (Wildman–Crippen LogP) is 0.832. The Morgan fingerprint density at radius 3 is 2.79 bits per heavy atom. The Morgan fingerprint density at radius 1 is 1.37 bits per heavy atom. The van der Waals surface area contributed by atoms with Crippen LogP contribution in [-0.4, -0.2) is 47.3 Å². The zero-order chi connectivity index (χ0) is 13.7. The summed E-state index contributed by atoms with van der Waals surface area (Å²) >= 11 is 0. The summed E-state index contributed by atoms with van der Waals surface area (Å²) < 4.78 is 25.1. The highest BCUT2D eigenvalue weighted by molar-refractivity contribution is 5.52. The summed E-state index contributed by atoms with van der Waals surface area (Å²) in [6.45, 7) is 0.322. The first-order chi connectivity index (χ1) is 9.24. The number of halogens is 1. The van der Waals surface area contributed by atoms with Gasteiger partial charge in [-0.2, -0.15) is 0 Å². The van der Waals surface area contributed by atoms with Crippen LogP contribution in [0.4, 0.5) is 10.1 Å². The van der Waals surface area contributed by atoms with Crippen molar-refractivity contribution in [2.75, 3.05) is 26.1 Å². The van der Waals surface area contributed by atoms with Crippen LogP contribution < -0.4 is 5.32 Å². The van der Waals surface area contributed by atoms with E-state index in [0.29, 0.717) is 17.9 Å². The quantitative estimate of drug-likeness (QED) is 0.781. The highest BCUT2D eigenvalue weighted by atomic mass is 19.1. The summed E-state index contributed by atoms with van der Waals surface area (Å²) in [5.74, 6) is -0.372. The lowest BCUT2D eigenvalue weighted by Crippen LogP contribution is -2.24. The Hall–Kier alpha value is -2.06. The molecule has 0 unspecified atom stereocenters. The molecule has 102 valence electrons. The second kappa shape index (κ2) is 6.21. The molecule has 1 N–H and O–H groups in total. The van der Waals surface area contributed by atoms with Gasteiger partial charge in [0.15, 0.2) is 6.29 Å². The molecular formula is C11H14FN5O2. The molecule has 1 aromatic heterocycles. The van der Waals surface area contributed by atoms with Crippen LogP contribution >= 0.6 is 0 Å². The number of hydrogen-bond donors (Lipinski definition) is 1. The SMILES string of the molecule is COC(CNc1cc(-n2cnnn2)ccc1F)OC. The van der Waals surface area contributed by atoms with Gasteiger partial charge >= 0.3 is 0 Å². The number of tetrazole rings is 1. The van der Waals surface area contributed by atoms with Gasteiger partial charge in [-0.15, -0.1) is 5.10 Å². The highest BCUT2D eigenvalue weighted by Crippen LogP contribution is 2.18. The van der Waals surface area contributed by atoms with Gasteiger partial charge in [0.1, 0.15) is 12.1 Å². The van der Waals surface area contributed by atoms with Gasteiger partial charge in [-0.05, 0) is 28.6 Å².